The van der Waals surface area contributed by atoms with E-state index in [4.69, 9.17) is 0 Å². The van der Waals surface area contributed by atoms with E-state index in [1.165, 1.54) is 11.3 Å². The number of aliphatic carboxylic acids is 1. The van der Waals surface area contributed by atoms with Gasteiger partial charge in [0, 0.05) is 13.1 Å². The fourth-order valence-corrected chi connectivity index (χ4v) is 3.60. The first-order valence-corrected chi connectivity index (χ1v) is 7.60. The number of nitrogens with zero attached hydrogens (tertiary/aromatic N) is 1. The number of hydrogen-bond donors (Lipinski definition) is 1. The Morgan fingerprint density at radius 1 is 1.29 bits per heavy atom. The number of hydrogen-bond acceptors (Lipinski definition) is 3. The Bertz CT molecular complexity index is 707. The predicted octanol–water partition coefficient (Wildman–Crippen LogP) is 2.88. The predicted molar refractivity (Wildman–Crippen MR) is 80.6 cm³/mol. The van der Waals surface area contributed by atoms with Crippen molar-refractivity contribution in [1.82, 2.24) is 4.90 Å². The molecule has 3 rings (SSSR count). The van der Waals surface area contributed by atoms with Crippen LogP contribution in [0.1, 0.15) is 32.3 Å². The van der Waals surface area contributed by atoms with E-state index in [-0.39, 0.29) is 12.5 Å². The number of fused-ring (bicyclic) bond motifs is 1. The van der Waals surface area contributed by atoms with Gasteiger partial charge in [0.2, 0.25) is 0 Å². The van der Waals surface area contributed by atoms with Crippen molar-refractivity contribution >= 4 is 23.2 Å². The molecule has 0 aliphatic carbocycles. The molecule has 1 atom stereocenters. The SMILES string of the molecule is Cc1ccsc1C(=O)N1Cc2ccccc2C(C(=O)O)C1. The van der Waals surface area contributed by atoms with E-state index in [0.717, 1.165) is 16.7 Å². The summed E-state index contributed by atoms with van der Waals surface area (Å²) >= 11 is 1.40. The maximum atomic E-state index is 12.6. The number of rotatable bonds is 2. The second kappa shape index (κ2) is 5.33. The van der Waals surface area contributed by atoms with Crippen LogP contribution >= 0.6 is 11.3 Å². The van der Waals surface area contributed by atoms with E-state index in [9.17, 15) is 14.7 Å². The summed E-state index contributed by atoms with van der Waals surface area (Å²) in [6.45, 7) is 2.59. The highest BCUT2D eigenvalue weighted by molar-refractivity contribution is 7.12. The first-order valence-electron chi connectivity index (χ1n) is 6.72. The quantitative estimate of drug-likeness (QED) is 0.928. The Kier molecular flexibility index (Phi) is 3.51. The lowest BCUT2D eigenvalue weighted by Gasteiger charge is -2.32. The molecule has 108 valence electrons. The molecule has 2 heterocycles. The lowest BCUT2D eigenvalue weighted by atomic mass is 9.89. The second-order valence-corrected chi connectivity index (χ2v) is 6.12. The van der Waals surface area contributed by atoms with Gasteiger partial charge in [-0.3, -0.25) is 9.59 Å². The van der Waals surface area contributed by atoms with Crippen molar-refractivity contribution in [2.75, 3.05) is 6.54 Å². The summed E-state index contributed by atoms with van der Waals surface area (Å²) in [4.78, 5) is 26.4. The number of carbonyl (C=O) groups is 2. The third kappa shape index (κ3) is 2.45. The second-order valence-electron chi connectivity index (χ2n) is 5.21. The molecule has 5 heteroatoms. The minimum atomic E-state index is -0.886. The van der Waals surface area contributed by atoms with Crippen molar-refractivity contribution in [3.05, 3.63) is 57.3 Å². The van der Waals surface area contributed by atoms with Gasteiger partial charge in [-0.2, -0.15) is 0 Å². The summed E-state index contributed by atoms with van der Waals surface area (Å²) in [6.07, 6.45) is 0. The molecule has 1 aliphatic rings. The van der Waals surface area contributed by atoms with Crippen LogP contribution in [0.25, 0.3) is 0 Å². The first kappa shape index (κ1) is 13.8. The summed E-state index contributed by atoms with van der Waals surface area (Å²) in [6, 6.07) is 9.36. The molecule has 1 aliphatic heterocycles. The number of thiophene rings is 1. The molecule has 0 spiro atoms. The smallest absolute Gasteiger partial charge is 0.312 e. The van der Waals surface area contributed by atoms with Crippen molar-refractivity contribution in [3.63, 3.8) is 0 Å². The fourth-order valence-electron chi connectivity index (χ4n) is 2.71. The average Bonchev–Trinajstić information content (AvgIpc) is 2.91. The topological polar surface area (TPSA) is 57.6 Å². The zero-order valence-corrected chi connectivity index (χ0v) is 12.4. The minimum absolute atomic E-state index is 0.0803. The molecule has 4 nitrogen and oxygen atoms in total. The van der Waals surface area contributed by atoms with Crippen LogP contribution in [-0.2, 0) is 11.3 Å². The monoisotopic (exact) mass is 301 g/mol. The highest BCUT2D eigenvalue weighted by Crippen LogP contribution is 2.30. The third-order valence-electron chi connectivity index (χ3n) is 3.84. The van der Waals surface area contributed by atoms with E-state index >= 15 is 0 Å². The van der Waals surface area contributed by atoms with Crippen LogP contribution in [0, 0.1) is 6.92 Å². The van der Waals surface area contributed by atoms with Gasteiger partial charge < -0.3 is 10.0 Å². The Morgan fingerprint density at radius 2 is 2.05 bits per heavy atom. The molecule has 1 unspecified atom stereocenters. The molecule has 1 aromatic heterocycles. The van der Waals surface area contributed by atoms with Crippen molar-refractivity contribution in [1.29, 1.82) is 0 Å². The molecular weight excluding hydrogens is 286 g/mol. The zero-order chi connectivity index (χ0) is 15.0. The summed E-state index contributed by atoms with van der Waals surface area (Å²) in [5, 5.41) is 11.3. The molecular formula is C16H15NO3S. The van der Waals surface area contributed by atoms with Crippen molar-refractivity contribution in [2.45, 2.75) is 19.4 Å². The van der Waals surface area contributed by atoms with Crippen LogP contribution in [0.3, 0.4) is 0 Å². The van der Waals surface area contributed by atoms with Gasteiger partial charge >= 0.3 is 5.97 Å². The van der Waals surface area contributed by atoms with Gasteiger partial charge in [0.15, 0.2) is 0 Å². The number of aryl methyl sites for hydroxylation is 1. The van der Waals surface area contributed by atoms with Gasteiger partial charge in [-0.1, -0.05) is 24.3 Å². The van der Waals surface area contributed by atoms with Gasteiger partial charge in [-0.15, -0.1) is 11.3 Å². The standard InChI is InChI=1S/C16H15NO3S/c1-10-6-7-21-14(10)15(18)17-8-11-4-2-3-5-12(11)13(9-17)16(19)20/h2-7,13H,8-9H2,1H3,(H,19,20). The third-order valence-corrected chi connectivity index (χ3v) is 4.84. The molecule has 0 fully saturated rings. The molecule has 0 bridgehead atoms. The van der Waals surface area contributed by atoms with E-state index in [2.05, 4.69) is 0 Å². The van der Waals surface area contributed by atoms with Gasteiger partial charge in [-0.25, -0.2) is 0 Å². The largest absolute Gasteiger partial charge is 0.481 e. The zero-order valence-electron chi connectivity index (χ0n) is 11.6. The van der Waals surface area contributed by atoms with Gasteiger partial charge in [0.05, 0.1) is 10.8 Å². The minimum Gasteiger partial charge on any atom is -0.481 e. The summed E-state index contributed by atoms with van der Waals surface area (Å²) in [7, 11) is 0. The summed E-state index contributed by atoms with van der Waals surface area (Å²) < 4.78 is 0. The van der Waals surface area contributed by atoms with Gasteiger partial charge in [0.1, 0.15) is 0 Å². The number of carboxylic acid groups (broad SMARTS) is 1. The van der Waals surface area contributed by atoms with Gasteiger partial charge in [-0.05, 0) is 35.1 Å². The van der Waals surface area contributed by atoms with Crippen LogP contribution < -0.4 is 0 Å². The molecule has 0 radical (unpaired) electrons. The van der Waals surface area contributed by atoms with E-state index < -0.39 is 11.9 Å². The molecule has 1 amide bonds. The van der Waals surface area contributed by atoms with Crippen molar-refractivity contribution in [2.24, 2.45) is 0 Å². The Hall–Kier alpha value is -2.14. The first-order chi connectivity index (χ1) is 10.1. The average molecular weight is 301 g/mol. The van der Waals surface area contributed by atoms with E-state index in [1.54, 1.807) is 4.90 Å². The highest BCUT2D eigenvalue weighted by Gasteiger charge is 2.33. The normalized spacial score (nSPS) is 17.4. The number of carbonyl (C=O) groups excluding carboxylic acids is 1. The molecule has 2 aromatic rings. The van der Waals surface area contributed by atoms with Crippen LogP contribution in [0.4, 0.5) is 0 Å². The maximum absolute atomic E-state index is 12.6. The lowest BCUT2D eigenvalue weighted by Crippen LogP contribution is -2.40. The van der Waals surface area contributed by atoms with Crippen LogP contribution in [0.5, 0.6) is 0 Å². The van der Waals surface area contributed by atoms with Crippen LogP contribution in [0.2, 0.25) is 0 Å². The van der Waals surface area contributed by atoms with Gasteiger partial charge in [0.25, 0.3) is 5.91 Å². The molecule has 1 aromatic carbocycles. The number of amides is 1. The van der Waals surface area contributed by atoms with E-state index in [1.807, 2.05) is 42.6 Å². The summed E-state index contributed by atoms with van der Waals surface area (Å²) in [5.74, 6) is -1.62. The number of carboxylic acids is 1. The molecule has 0 saturated heterocycles. The Morgan fingerprint density at radius 3 is 2.71 bits per heavy atom. The summed E-state index contributed by atoms with van der Waals surface area (Å²) in [5.41, 5.74) is 2.67. The van der Waals surface area contributed by atoms with Crippen LogP contribution in [0.15, 0.2) is 35.7 Å². The molecule has 1 N–H and O–H groups in total. The maximum Gasteiger partial charge on any atom is 0.312 e. The fraction of sp³-hybridized carbons (Fsp3) is 0.250. The highest BCUT2D eigenvalue weighted by atomic mass is 32.1. The van der Waals surface area contributed by atoms with Crippen molar-refractivity contribution in [3.8, 4) is 0 Å². The van der Waals surface area contributed by atoms with Crippen LogP contribution in [-0.4, -0.2) is 28.4 Å². The Balaban J connectivity index is 1.95. The lowest BCUT2D eigenvalue weighted by molar-refractivity contribution is -0.139. The molecule has 0 saturated carbocycles. The van der Waals surface area contributed by atoms with Crippen molar-refractivity contribution < 1.29 is 14.7 Å². The number of benzene rings is 1. The Labute approximate surface area is 126 Å². The van der Waals surface area contributed by atoms with E-state index in [0.29, 0.717) is 11.4 Å². The molecule has 21 heavy (non-hydrogen) atoms.